The van der Waals surface area contributed by atoms with Gasteiger partial charge in [-0.1, -0.05) is 48.5 Å². The molecular weight excluding hydrogens is 481 g/mol. The third-order valence-corrected chi connectivity index (χ3v) is 4.07. The molecule has 0 aromatic heterocycles. The number of nitrogens with one attached hydrogen (secondary N) is 2. The highest BCUT2D eigenvalue weighted by Gasteiger charge is 2.05. The molecular formula is C22H32IN3O3. The number of methoxy groups -OCH3 is 1. The summed E-state index contributed by atoms with van der Waals surface area (Å²) in [5, 5.41) is 6.63. The smallest absolute Gasteiger partial charge is 0.191 e. The molecule has 0 saturated heterocycles. The molecule has 6 nitrogen and oxygen atoms in total. The van der Waals surface area contributed by atoms with Gasteiger partial charge in [0.25, 0.3) is 0 Å². The first-order chi connectivity index (χ1) is 13.8. The van der Waals surface area contributed by atoms with Crippen molar-refractivity contribution in [1.29, 1.82) is 0 Å². The number of halogens is 1. The van der Waals surface area contributed by atoms with E-state index in [1.807, 2.05) is 36.4 Å². The summed E-state index contributed by atoms with van der Waals surface area (Å²) < 4.78 is 16.4. The van der Waals surface area contributed by atoms with E-state index >= 15 is 0 Å². The summed E-state index contributed by atoms with van der Waals surface area (Å²) in [4.78, 5) is 4.27. The van der Waals surface area contributed by atoms with E-state index in [1.54, 1.807) is 14.2 Å². The maximum Gasteiger partial charge on any atom is 0.191 e. The largest absolute Gasteiger partial charge is 0.489 e. The number of guanidine groups is 1. The molecule has 2 aromatic carbocycles. The minimum Gasteiger partial charge on any atom is -0.489 e. The second-order valence-electron chi connectivity index (χ2n) is 6.19. The molecule has 160 valence electrons. The van der Waals surface area contributed by atoms with Gasteiger partial charge in [-0.25, -0.2) is 0 Å². The normalized spacial score (nSPS) is 10.9. The SMILES string of the molecule is CN=C(NCCCOCCOC)NCc1ccccc1OCc1ccccc1.I. The first kappa shape index (κ1) is 25.2. The van der Waals surface area contributed by atoms with Crippen molar-refractivity contribution in [2.45, 2.75) is 19.6 Å². The summed E-state index contributed by atoms with van der Waals surface area (Å²) in [6.45, 7) is 3.93. The highest BCUT2D eigenvalue weighted by Crippen LogP contribution is 2.19. The topological polar surface area (TPSA) is 64.1 Å². The zero-order chi connectivity index (χ0) is 19.9. The standard InChI is InChI=1S/C22H31N3O3.HI/c1-23-22(24-13-8-14-27-16-15-26-2)25-17-20-11-6-7-12-21(20)28-18-19-9-4-3-5-10-19;/h3-7,9-12H,8,13-18H2,1-2H3,(H2,23,24,25);1H. The van der Waals surface area contributed by atoms with E-state index in [0.29, 0.717) is 33.0 Å². The van der Waals surface area contributed by atoms with Gasteiger partial charge in [0.05, 0.1) is 13.2 Å². The van der Waals surface area contributed by atoms with Crippen LogP contribution in [0, 0.1) is 0 Å². The van der Waals surface area contributed by atoms with Gasteiger partial charge >= 0.3 is 0 Å². The van der Waals surface area contributed by atoms with Crippen LogP contribution in [0.3, 0.4) is 0 Å². The highest BCUT2D eigenvalue weighted by atomic mass is 127. The molecule has 2 aromatic rings. The van der Waals surface area contributed by atoms with Gasteiger partial charge in [0.15, 0.2) is 5.96 Å². The van der Waals surface area contributed by atoms with Crippen molar-refractivity contribution in [3.05, 3.63) is 65.7 Å². The van der Waals surface area contributed by atoms with Gasteiger partial charge in [-0.15, -0.1) is 24.0 Å². The third kappa shape index (κ3) is 10.5. The Hall–Kier alpha value is -1.84. The molecule has 0 saturated carbocycles. The Labute approximate surface area is 191 Å². The Morgan fingerprint density at radius 2 is 1.69 bits per heavy atom. The average Bonchev–Trinajstić information content (AvgIpc) is 2.75. The van der Waals surface area contributed by atoms with Crippen molar-refractivity contribution >= 4 is 29.9 Å². The molecule has 0 fully saturated rings. The first-order valence-corrected chi connectivity index (χ1v) is 9.59. The molecule has 2 N–H and O–H groups in total. The zero-order valence-electron chi connectivity index (χ0n) is 17.2. The van der Waals surface area contributed by atoms with Gasteiger partial charge in [-0.3, -0.25) is 4.99 Å². The van der Waals surface area contributed by atoms with E-state index in [-0.39, 0.29) is 24.0 Å². The first-order valence-electron chi connectivity index (χ1n) is 9.59. The van der Waals surface area contributed by atoms with Crippen LogP contribution in [-0.4, -0.2) is 46.5 Å². The number of hydrogen-bond acceptors (Lipinski definition) is 4. The summed E-state index contributed by atoms with van der Waals surface area (Å²) in [6.07, 6.45) is 0.904. The maximum atomic E-state index is 6.01. The van der Waals surface area contributed by atoms with Gasteiger partial charge in [-0.05, 0) is 18.1 Å². The molecule has 0 spiro atoms. The summed E-state index contributed by atoms with van der Waals surface area (Å²) in [7, 11) is 3.44. The molecule has 2 rings (SSSR count). The molecule has 7 heteroatoms. The third-order valence-electron chi connectivity index (χ3n) is 4.07. The van der Waals surface area contributed by atoms with Gasteiger partial charge in [0, 0.05) is 39.4 Å². The predicted octanol–water partition coefficient (Wildman–Crippen LogP) is 3.60. The maximum absolute atomic E-state index is 6.01. The Morgan fingerprint density at radius 1 is 0.931 bits per heavy atom. The lowest BCUT2D eigenvalue weighted by atomic mass is 10.2. The number of aliphatic imine (C=N–C) groups is 1. The van der Waals surface area contributed by atoms with Crippen molar-refractivity contribution in [3.8, 4) is 5.75 Å². The Morgan fingerprint density at radius 3 is 2.45 bits per heavy atom. The van der Waals surface area contributed by atoms with Crippen molar-refractivity contribution in [2.24, 2.45) is 4.99 Å². The fraction of sp³-hybridized carbons (Fsp3) is 0.409. The lowest BCUT2D eigenvalue weighted by molar-refractivity contribution is 0.0698. The molecule has 0 aliphatic carbocycles. The minimum atomic E-state index is 0. The summed E-state index contributed by atoms with van der Waals surface area (Å²) >= 11 is 0. The Balaban J connectivity index is 0.00000420. The fourth-order valence-electron chi connectivity index (χ4n) is 2.55. The van der Waals surface area contributed by atoms with Crippen LogP contribution in [0.15, 0.2) is 59.6 Å². The van der Waals surface area contributed by atoms with E-state index in [2.05, 4.69) is 33.8 Å². The van der Waals surface area contributed by atoms with E-state index in [0.717, 1.165) is 35.8 Å². The second kappa shape index (κ2) is 16.0. The van der Waals surface area contributed by atoms with Crippen molar-refractivity contribution in [2.75, 3.05) is 40.5 Å². The van der Waals surface area contributed by atoms with Crippen molar-refractivity contribution < 1.29 is 14.2 Å². The van der Waals surface area contributed by atoms with Crippen LogP contribution in [0.1, 0.15) is 17.5 Å². The summed E-state index contributed by atoms with van der Waals surface area (Å²) in [5.41, 5.74) is 2.24. The Bertz CT molecular complexity index is 699. The quantitative estimate of drug-likeness (QED) is 0.197. The fourth-order valence-corrected chi connectivity index (χ4v) is 2.55. The average molecular weight is 513 g/mol. The molecule has 0 aliphatic rings. The lowest BCUT2D eigenvalue weighted by Crippen LogP contribution is -2.37. The van der Waals surface area contributed by atoms with Gasteiger partial charge < -0.3 is 24.8 Å². The van der Waals surface area contributed by atoms with E-state index in [4.69, 9.17) is 14.2 Å². The zero-order valence-corrected chi connectivity index (χ0v) is 19.6. The van der Waals surface area contributed by atoms with Gasteiger partial charge in [0.1, 0.15) is 12.4 Å². The van der Waals surface area contributed by atoms with Crippen LogP contribution in [-0.2, 0) is 22.6 Å². The number of para-hydroxylation sites is 1. The molecule has 0 amide bonds. The van der Waals surface area contributed by atoms with Gasteiger partial charge in [-0.2, -0.15) is 0 Å². The molecule has 0 bridgehead atoms. The molecule has 0 heterocycles. The molecule has 29 heavy (non-hydrogen) atoms. The Kier molecular flexibility index (Phi) is 13.9. The number of nitrogens with zero attached hydrogens (tertiary/aromatic N) is 1. The van der Waals surface area contributed by atoms with Gasteiger partial charge in [0.2, 0.25) is 0 Å². The highest BCUT2D eigenvalue weighted by molar-refractivity contribution is 14.0. The number of benzene rings is 2. The number of rotatable bonds is 12. The van der Waals surface area contributed by atoms with E-state index < -0.39 is 0 Å². The summed E-state index contributed by atoms with van der Waals surface area (Å²) in [6, 6.07) is 18.2. The van der Waals surface area contributed by atoms with E-state index in [1.165, 1.54) is 0 Å². The van der Waals surface area contributed by atoms with Crippen LogP contribution in [0.5, 0.6) is 5.75 Å². The van der Waals surface area contributed by atoms with Crippen molar-refractivity contribution in [1.82, 2.24) is 10.6 Å². The van der Waals surface area contributed by atoms with Crippen LogP contribution >= 0.6 is 24.0 Å². The van der Waals surface area contributed by atoms with Crippen LogP contribution < -0.4 is 15.4 Å². The lowest BCUT2D eigenvalue weighted by Gasteiger charge is -2.15. The monoisotopic (exact) mass is 513 g/mol. The molecule has 0 atom stereocenters. The minimum absolute atomic E-state index is 0. The van der Waals surface area contributed by atoms with Crippen LogP contribution in [0.4, 0.5) is 0 Å². The number of ether oxygens (including phenoxy) is 3. The van der Waals surface area contributed by atoms with Crippen molar-refractivity contribution in [3.63, 3.8) is 0 Å². The van der Waals surface area contributed by atoms with E-state index in [9.17, 15) is 0 Å². The van der Waals surface area contributed by atoms with Crippen LogP contribution in [0.25, 0.3) is 0 Å². The molecule has 0 radical (unpaired) electrons. The number of hydrogen-bond donors (Lipinski definition) is 2. The second-order valence-corrected chi connectivity index (χ2v) is 6.19. The molecule has 0 aliphatic heterocycles. The molecule has 0 unspecified atom stereocenters. The van der Waals surface area contributed by atoms with Crippen LogP contribution in [0.2, 0.25) is 0 Å². The summed E-state index contributed by atoms with van der Waals surface area (Å²) in [5.74, 6) is 1.63. The predicted molar refractivity (Wildman–Crippen MR) is 128 cm³/mol.